The van der Waals surface area contributed by atoms with Gasteiger partial charge in [0.1, 0.15) is 0 Å². The Hall–Kier alpha value is -3.08. The van der Waals surface area contributed by atoms with Crippen molar-refractivity contribution in [1.29, 1.82) is 0 Å². The number of nitrogens with one attached hydrogen (secondary N) is 1. The van der Waals surface area contributed by atoms with Crippen molar-refractivity contribution in [2.24, 2.45) is 5.92 Å². The number of benzene rings is 2. The van der Waals surface area contributed by atoms with Crippen LogP contribution in [0.15, 0.2) is 58.8 Å². The Morgan fingerprint density at radius 2 is 1.82 bits per heavy atom. The molecular formula is C24H25N3O5S2. The highest BCUT2D eigenvalue weighted by Gasteiger charge is 2.33. The number of thiazole rings is 1. The Kier molecular flexibility index (Phi) is 7.11. The maximum absolute atomic E-state index is 13.0. The van der Waals surface area contributed by atoms with E-state index in [0.29, 0.717) is 35.8 Å². The molecule has 0 saturated carbocycles. The third-order valence-electron chi connectivity index (χ3n) is 5.75. The van der Waals surface area contributed by atoms with Crippen LogP contribution in [0.25, 0.3) is 11.3 Å². The van der Waals surface area contributed by atoms with Gasteiger partial charge in [-0.2, -0.15) is 4.31 Å². The molecule has 0 aliphatic carbocycles. The quantitative estimate of drug-likeness (QED) is 0.515. The molecule has 34 heavy (non-hydrogen) atoms. The summed E-state index contributed by atoms with van der Waals surface area (Å²) in [6.07, 6.45) is 1.22. The zero-order valence-electron chi connectivity index (χ0n) is 18.9. The minimum absolute atomic E-state index is 0.134. The third-order valence-corrected chi connectivity index (χ3v) is 8.39. The van der Waals surface area contributed by atoms with Crippen molar-refractivity contribution < 1.29 is 22.7 Å². The summed E-state index contributed by atoms with van der Waals surface area (Å²) in [5.74, 6) is -1.12. The molecule has 8 nitrogen and oxygen atoms in total. The molecule has 1 N–H and O–H groups in total. The lowest BCUT2D eigenvalue weighted by molar-refractivity contribution is -0.120. The minimum atomic E-state index is -3.65. The van der Waals surface area contributed by atoms with Crippen molar-refractivity contribution in [3.63, 3.8) is 0 Å². The van der Waals surface area contributed by atoms with E-state index in [1.807, 2.05) is 12.3 Å². The summed E-state index contributed by atoms with van der Waals surface area (Å²) in [6.45, 7) is 2.43. The predicted octanol–water partition coefficient (Wildman–Crippen LogP) is 3.94. The van der Waals surface area contributed by atoms with Crippen molar-refractivity contribution in [2.45, 2.75) is 24.7 Å². The number of amides is 1. The molecule has 1 aliphatic rings. The lowest BCUT2D eigenvalue weighted by Gasteiger charge is -2.31. The number of aromatic nitrogens is 1. The van der Waals surface area contributed by atoms with Crippen molar-refractivity contribution in [3.8, 4) is 11.3 Å². The number of hydrogen-bond acceptors (Lipinski definition) is 7. The van der Waals surface area contributed by atoms with Gasteiger partial charge in [0.05, 0.1) is 29.2 Å². The molecule has 10 heteroatoms. The Balaban J connectivity index is 1.41. The van der Waals surface area contributed by atoms with Crippen LogP contribution in [0.3, 0.4) is 0 Å². The predicted molar refractivity (Wildman–Crippen MR) is 130 cm³/mol. The van der Waals surface area contributed by atoms with E-state index < -0.39 is 21.9 Å². The van der Waals surface area contributed by atoms with Gasteiger partial charge in [-0.15, -0.1) is 11.3 Å². The van der Waals surface area contributed by atoms with Crippen LogP contribution in [0.1, 0.15) is 28.8 Å². The SMILES string of the molecule is COC(=O)c1ccc(-c2csc(NC(=O)C3CCCN(S(=O)(=O)c4ccc(C)cc4)C3)n2)cc1. The summed E-state index contributed by atoms with van der Waals surface area (Å²) < 4.78 is 32.1. The monoisotopic (exact) mass is 499 g/mol. The first-order chi connectivity index (χ1) is 16.3. The molecular weight excluding hydrogens is 474 g/mol. The van der Waals surface area contributed by atoms with Crippen LogP contribution in [0.5, 0.6) is 0 Å². The second-order valence-electron chi connectivity index (χ2n) is 8.11. The van der Waals surface area contributed by atoms with Gasteiger partial charge in [0.15, 0.2) is 5.13 Å². The number of nitrogens with zero attached hydrogens (tertiary/aromatic N) is 2. The summed E-state index contributed by atoms with van der Waals surface area (Å²) >= 11 is 1.29. The Morgan fingerprint density at radius 3 is 2.50 bits per heavy atom. The molecule has 1 atom stereocenters. The van der Waals surface area contributed by atoms with Crippen molar-refractivity contribution >= 4 is 38.4 Å². The number of rotatable bonds is 6. The standard InChI is InChI=1S/C24H25N3O5S2/c1-16-5-11-20(12-6-16)34(30,31)27-13-3-4-19(14-27)22(28)26-24-25-21(15-33-24)17-7-9-18(10-8-17)23(29)32-2/h5-12,15,19H,3-4,13-14H2,1-2H3,(H,25,26,28). The number of aryl methyl sites for hydroxylation is 1. The molecule has 1 aromatic heterocycles. The highest BCUT2D eigenvalue weighted by molar-refractivity contribution is 7.89. The molecule has 3 aromatic rings. The molecule has 0 spiro atoms. The number of anilines is 1. The highest BCUT2D eigenvalue weighted by atomic mass is 32.2. The number of ether oxygens (including phenoxy) is 1. The van der Waals surface area contributed by atoms with Gasteiger partial charge in [0.25, 0.3) is 0 Å². The van der Waals surface area contributed by atoms with Crippen LogP contribution in [0.2, 0.25) is 0 Å². The zero-order chi connectivity index (χ0) is 24.3. The number of hydrogen-bond donors (Lipinski definition) is 1. The molecule has 1 aliphatic heterocycles. The number of methoxy groups -OCH3 is 1. The number of carbonyl (C=O) groups is 2. The van der Waals surface area contributed by atoms with E-state index in [1.54, 1.807) is 48.5 Å². The fourth-order valence-electron chi connectivity index (χ4n) is 3.80. The highest BCUT2D eigenvalue weighted by Crippen LogP contribution is 2.28. The van der Waals surface area contributed by atoms with Crippen LogP contribution < -0.4 is 5.32 Å². The van der Waals surface area contributed by atoms with Gasteiger partial charge in [-0.3, -0.25) is 4.79 Å². The topological polar surface area (TPSA) is 106 Å². The Morgan fingerprint density at radius 1 is 1.12 bits per heavy atom. The van der Waals surface area contributed by atoms with Crippen molar-refractivity contribution in [2.75, 3.05) is 25.5 Å². The molecule has 1 amide bonds. The van der Waals surface area contributed by atoms with Gasteiger partial charge in [-0.05, 0) is 44.0 Å². The average Bonchev–Trinajstić information content (AvgIpc) is 3.32. The summed E-state index contributed by atoms with van der Waals surface area (Å²) in [7, 11) is -2.33. The van der Waals surface area contributed by atoms with Gasteiger partial charge in [-0.25, -0.2) is 18.2 Å². The first kappa shape index (κ1) is 24.1. The van der Waals surface area contributed by atoms with E-state index >= 15 is 0 Å². The smallest absolute Gasteiger partial charge is 0.337 e. The van der Waals surface area contributed by atoms with E-state index in [-0.39, 0.29) is 17.3 Å². The van der Waals surface area contributed by atoms with Crippen LogP contribution in [-0.2, 0) is 19.6 Å². The molecule has 2 aromatic carbocycles. The first-order valence-electron chi connectivity index (χ1n) is 10.8. The van der Waals surface area contributed by atoms with E-state index in [1.165, 1.54) is 22.8 Å². The second kappa shape index (κ2) is 10.0. The van der Waals surface area contributed by atoms with Crippen LogP contribution in [-0.4, -0.2) is 49.8 Å². The van der Waals surface area contributed by atoms with Gasteiger partial charge in [0, 0.05) is 24.0 Å². The number of sulfonamides is 1. The van der Waals surface area contributed by atoms with E-state index in [4.69, 9.17) is 4.74 Å². The summed E-state index contributed by atoms with van der Waals surface area (Å²) in [6, 6.07) is 13.6. The molecule has 1 unspecified atom stereocenters. The van der Waals surface area contributed by atoms with Crippen LogP contribution >= 0.6 is 11.3 Å². The maximum atomic E-state index is 13.0. The maximum Gasteiger partial charge on any atom is 0.337 e. The van der Waals surface area contributed by atoms with Crippen LogP contribution in [0, 0.1) is 12.8 Å². The van der Waals surface area contributed by atoms with Crippen LogP contribution in [0.4, 0.5) is 5.13 Å². The molecule has 0 radical (unpaired) electrons. The fraction of sp³-hybridized carbons (Fsp3) is 0.292. The second-order valence-corrected chi connectivity index (χ2v) is 10.9. The van der Waals surface area contributed by atoms with Gasteiger partial charge in [0.2, 0.25) is 15.9 Å². The molecule has 4 rings (SSSR count). The summed E-state index contributed by atoms with van der Waals surface area (Å²) in [5.41, 5.74) is 2.90. The van der Waals surface area contributed by atoms with Crippen molar-refractivity contribution in [1.82, 2.24) is 9.29 Å². The number of esters is 1. The van der Waals surface area contributed by atoms with E-state index in [9.17, 15) is 18.0 Å². The third kappa shape index (κ3) is 5.19. The summed E-state index contributed by atoms with van der Waals surface area (Å²) in [4.78, 5) is 29.2. The lowest BCUT2D eigenvalue weighted by atomic mass is 9.99. The average molecular weight is 500 g/mol. The number of carbonyl (C=O) groups excluding carboxylic acids is 2. The van der Waals surface area contributed by atoms with Crippen molar-refractivity contribution in [3.05, 3.63) is 65.0 Å². The van der Waals surface area contributed by atoms with Gasteiger partial charge >= 0.3 is 5.97 Å². The lowest BCUT2D eigenvalue weighted by Crippen LogP contribution is -2.43. The largest absolute Gasteiger partial charge is 0.465 e. The van der Waals surface area contributed by atoms with Gasteiger partial charge < -0.3 is 10.1 Å². The first-order valence-corrected chi connectivity index (χ1v) is 13.1. The van der Waals surface area contributed by atoms with E-state index in [2.05, 4.69) is 10.3 Å². The fourth-order valence-corrected chi connectivity index (χ4v) is 6.05. The van der Waals surface area contributed by atoms with E-state index in [0.717, 1.165) is 11.1 Å². The molecule has 178 valence electrons. The zero-order valence-corrected chi connectivity index (χ0v) is 20.5. The van der Waals surface area contributed by atoms with Gasteiger partial charge in [-0.1, -0.05) is 29.8 Å². The molecule has 2 heterocycles. The number of piperidine rings is 1. The molecule has 0 bridgehead atoms. The molecule has 1 saturated heterocycles. The molecule has 1 fully saturated rings. The Bertz CT molecular complexity index is 1280. The minimum Gasteiger partial charge on any atom is -0.465 e. The Labute approximate surface area is 202 Å². The summed E-state index contributed by atoms with van der Waals surface area (Å²) in [5, 5.41) is 5.09. The normalized spacial score (nSPS) is 16.7.